The number of hydrogen-bond donors (Lipinski definition) is 1. The van der Waals surface area contributed by atoms with Gasteiger partial charge in [0.05, 0.1) is 23.8 Å². The number of likely N-dealkylation sites (tertiary alicyclic amines) is 1. The highest BCUT2D eigenvalue weighted by Crippen LogP contribution is 2.39. The van der Waals surface area contributed by atoms with Crippen LogP contribution in [0.5, 0.6) is 5.75 Å². The second kappa shape index (κ2) is 10.7. The van der Waals surface area contributed by atoms with E-state index in [1.165, 1.54) is 7.11 Å². The van der Waals surface area contributed by atoms with Gasteiger partial charge in [0.2, 0.25) is 5.91 Å². The van der Waals surface area contributed by atoms with Crippen molar-refractivity contribution in [1.82, 2.24) is 15.1 Å². The van der Waals surface area contributed by atoms with Crippen molar-refractivity contribution in [2.45, 2.75) is 44.5 Å². The van der Waals surface area contributed by atoms with Crippen LogP contribution in [0.25, 0.3) is 0 Å². The second-order valence-electron chi connectivity index (χ2n) is 9.26. The van der Waals surface area contributed by atoms with Gasteiger partial charge in [0.15, 0.2) is 0 Å². The predicted molar refractivity (Wildman–Crippen MR) is 137 cm³/mol. The van der Waals surface area contributed by atoms with Gasteiger partial charge < -0.3 is 19.7 Å². The number of nitrogens with one attached hydrogen (secondary N) is 1. The van der Waals surface area contributed by atoms with Crippen molar-refractivity contribution < 1.29 is 23.9 Å². The first-order valence-corrected chi connectivity index (χ1v) is 12.6. The highest BCUT2D eigenvalue weighted by Gasteiger charge is 2.54. The molecule has 36 heavy (non-hydrogen) atoms. The standard InChI is InChI=1S/C26H29Cl2N3O5/c1-16(2)29-23(32)22-15-36-26(31(22)25(34)17-5-4-6-19(13-17)35-3)9-11-30(12-10-26)24(33)18-7-8-20(27)21(28)14-18/h4-8,13-14,16,22H,9-12,15H2,1-3H3,(H,29,32)/t22-/m0/s1. The Kier molecular flexibility index (Phi) is 7.78. The minimum atomic E-state index is -1.01. The third kappa shape index (κ3) is 5.16. The first-order valence-electron chi connectivity index (χ1n) is 11.8. The maximum atomic E-state index is 13.8. The molecule has 0 bridgehead atoms. The first-order chi connectivity index (χ1) is 17.1. The number of halogens is 2. The smallest absolute Gasteiger partial charge is 0.257 e. The molecule has 2 aliphatic heterocycles. The van der Waals surface area contributed by atoms with E-state index in [1.807, 2.05) is 13.8 Å². The highest BCUT2D eigenvalue weighted by molar-refractivity contribution is 6.42. The van der Waals surface area contributed by atoms with Crippen LogP contribution in [-0.2, 0) is 9.53 Å². The average molecular weight is 534 g/mol. The van der Waals surface area contributed by atoms with Gasteiger partial charge in [-0.1, -0.05) is 29.3 Å². The van der Waals surface area contributed by atoms with E-state index in [9.17, 15) is 14.4 Å². The van der Waals surface area contributed by atoms with Crippen LogP contribution < -0.4 is 10.1 Å². The van der Waals surface area contributed by atoms with Crippen molar-refractivity contribution in [3.05, 3.63) is 63.6 Å². The predicted octanol–water partition coefficient (Wildman–Crippen LogP) is 4.00. The average Bonchev–Trinajstić information content (AvgIpc) is 3.23. The lowest BCUT2D eigenvalue weighted by molar-refractivity contribution is -0.128. The first kappa shape index (κ1) is 26.3. The zero-order valence-electron chi connectivity index (χ0n) is 20.4. The van der Waals surface area contributed by atoms with E-state index in [-0.39, 0.29) is 30.4 Å². The molecule has 0 aliphatic carbocycles. The van der Waals surface area contributed by atoms with Gasteiger partial charge in [-0.2, -0.15) is 0 Å². The quantitative estimate of drug-likeness (QED) is 0.627. The van der Waals surface area contributed by atoms with Crippen LogP contribution in [0.4, 0.5) is 0 Å². The van der Waals surface area contributed by atoms with Crippen LogP contribution in [0.1, 0.15) is 47.4 Å². The van der Waals surface area contributed by atoms with Crippen LogP contribution in [0.3, 0.4) is 0 Å². The SMILES string of the molecule is COc1cccc(C(=O)N2[C@H](C(=O)NC(C)C)COC23CCN(C(=O)c2ccc(Cl)c(Cl)c2)CC3)c1. The molecule has 3 amide bonds. The van der Waals surface area contributed by atoms with Gasteiger partial charge in [0, 0.05) is 43.1 Å². The molecule has 2 aromatic rings. The van der Waals surface area contributed by atoms with Gasteiger partial charge in [-0.25, -0.2) is 0 Å². The summed E-state index contributed by atoms with van der Waals surface area (Å²) >= 11 is 12.1. The Labute approximate surface area is 220 Å². The van der Waals surface area contributed by atoms with Crippen molar-refractivity contribution in [3.63, 3.8) is 0 Å². The van der Waals surface area contributed by atoms with Crippen LogP contribution in [0.2, 0.25) is 10.0 Å². The normalized spacial score (nSPS) is 19.0. The molecule has 0 saturated carbocycles. The summed E-state index contributed by atoms with van der Waals surface area (Å²) in [5.41, 5.74) is -0.171. The fraction of sp³-hybridized carbons (Fsp3) is 0.423. The summed E-state index contributed by atoms with van der Waals surface area (Å²) in [6, 6.07) is 10.7. The Balaban J connectivity index is 1.59. The van der Waals surface area contributed by atoms with E-state index in [0.29, 0.717) is 52.9 Å². The van der Waals surface area contributed by atoms with Gasteiger partial charge in [-0.3, -0.25) is 19.3 Å². The van der Waals surface area contributed by atoms with E-state index >= 15 is 0 Å². The van der Waals surface area contributed by atoms with E-state index in [1.54, 1.807) is 52.3 Å². The number of carbonyl (C=O) groups excluding carboxylic acids is 3. The zero-order valence-corrected chi connectivity index (χ0v) is 21.9. The molecule has 192 valence electrons. The van der Waals surface area contributed by atoms with Gasteiger partial charge in [-0.05, 0) is 50.2 Å². The monoisotopic (exact) mass is 533 g/mol. The Morgan fingerprint density at radius 3 is 2.36 bits per heavy atom. The molecule has 2 heterocycles. The molecule has 4 rings (SSSR count). The number of carbonyl (C=O) groups is 3. The van der Waals surface area contributed by atoms with Crippen molar-refractivity contribution in [3.8, 4) is 5.75 Å². The van der Waals surface area contributed by atoms with Crippen molar-refractivity contribution in [2.75, 3.05) is 26.8 Å². The van der Waals surface area contributed by atoms with E-state index < -0.39 is 11.8 Å². The van der Waals surface area contributed by atoms with Gasteiger partial charge in [0.25, 0.3) is 11.8 Å². The number of hydrogen-bond acceptors (Lipinski definition) is 5. The minimum Gasteiger partial charge on any atom is -0.497 e. The maximum absolute atomic E-state index is 13.8. The van der Waals surface area contributed by atoms with Crippen LogP contribution >= 0.6 is 23.2 Å². The third-order valence-corrected chi connectivity index (χ3v) is 7.27. The molecule has 1 spiro atoms. The summed E-state index contributed by atoms with van der Waals surface area (Å²) in [7, 11) is 1.53. The van der Waals surface area contributed by atoms with Crippen molar-refractivity contribution in [2.24, 2.45) is 0 Å². The highest BCUT2D eigenvalue weighted by atomic mass is 35.5. The molecule has 0 unspecified atom stereocenters. The van der Waals surface area contributed by atoms with Gasteiger partial charge >= 0.3 is 0 Å². The molecule has 0 aromatic heterocycles. The van der Waals surface area contributed by atoms with Gasteiger partial charge in [-0.15, -0.1) is 0 Å². The molecule has 2 aromatic carbocycles. The number of amides is 3. The fourth-order valence-electron chi connectivity index (χ4n) is 4.71. The Morgan fingerprint density at radius 1 is 1.03 bits per heavy atom. The van der Waals surface area contributed by atoms with E-state index in [4.69, 9.17) is 32.7 Å². The van der Waals surface area contributed by atoms with Crippen molar-refractivity contribution >= 4 is 40.9 Å². The summed E-state index contributed by atoms with van der Waals surface area (Å²) < 4.78 is 11.5. The Bertz CT molecular complexity index is 1160. The fourth-order valence-corrected chi connectivity index (χ4v) is 5.01. The molecule has 1 N–H and O–H groups in total. The number of methoxy groups -OCH3 is 1. The van der Waals surface area contributed by atoms with Crippen LogP contribution in [0.15, 0.2) is 42.5 Å². The van der Waals surface area contributed by atoms with Gasteiger partial charge in [0.1, 0.15) is 17.5 Å². The molecule has 0 radical (unpaired) electrons. The summed E-state index contributed by atoms with van der Waals surface area (Å²) in [5.74, 6) is -0.228. The van der Waals surface area contributed by atoms with Crippen LogP contribution in [-0.4, -0.2) is 72.1 Å². The second-order valence-corrected chi connectivity index (χ2v) is 10.1. The summed E-state index contributed by atoms with van der Waals surface area (Å²) in [6.07, 6.45) is 0.725. The molecule has 2 fully saturated rings. The summed E-state index contributed by atoms with van der Waals surface area (Å²) in [4.78, 5) is 43.2. The Hall–Kier alpha value is -2.81. The third-order valence-electron chi connectivity index (χ3n) is 6.53. The molecule has 2 saturated heterocycles. The molecule has 2 aliphatic rings. The van der Waals surface area contributed by atoms with Crippen molar-refractivity contribution in [1.29, 1.82) is 0 Å². The topological polar surface area (TPSA) is 88.2 Å². The summed E-state index contributed by atoms with van der Waals surface area (Å²) in [6.45, 7) is 4.50. The molecule has 10 heteroatoms. The number of rotatable bonds is 5. The number of benzene rings is 2. The minimum absolute atomic E-state index is 0.0784. The van der Waals surface area contributed by atoms with E-state index in [2.05, 4.69) is 5.32 Å². The lowest BCUT2D eigenvalue weighted by atomic mass is 9.96. The molecule has 1 atom stereocenters. The number of ether oxygens (including phenoxy) is 2. The largest absolute Gasteiger partial charge is 0.497 e. The lowest BCUT2D eigenvalue weighted by Gasteiger charge is -2.44. The lowest BCUT2D eigenvalue weighted by Crippen LogP contribution is -2.60. The molecular weight excluding hydrogens is 505 g/mol. The Morgan fingerprint density at radius 2 is 1.72 bits per heavy atom. The maximum Gasteiger partial charge on any atom is 0.257 e. The zero-order chi connectivity index (χ0) is 26.0. The van der Waals surface area contributed by atoms with E-state index in [0.717, 1.165) is 0 Å². The molecular formula is C26H29Cl2N3O5. The summed E-state index contributed by atoms with van der Waals surface area (Å²) in [5, 5.41) is 3.59. The van der Waals surface area contributed by atoms with Crippen LogP contribution in [0, 0.1) is 0 Å². The molecule has 8 nitrogen and oxygen atoms in total. The number of nitrogens with zero attached hydrogens (tertiary/aromatic N) is 2. The number of piperidine rings is 1.